The van der Waals surface area contributed by atoms with Gasteiger partial charge in [0.15, 0.2) is 0 Å². The van der Waals surface area contributed by atoms with Gasteiger partial charge in [-0.2, -0.15) is 0 Å². The average Bonchev–Trinajstić information content (AvgIpc) is 3.50. The molecule has 0 saturated heterocycles. The van der Waals surface area contributed by atoms with Crippen LogP contribution in [0.5, 0.6) is 0 Å². The SMILES string of the molecule is CC1(C)c2ccc(-c3cccc4c3[nH]c3c5ccccc5c5ccccc5c43)cc2-c2c1ccc1ccccc21. The zero-order valence-corrected chi connectivity index (χ0v) is 22.5. The fourth-order valence-electron chi connectivity index (χ4n) is 7.50. The van der Waals surface area contributed by atoms with Crippen molar-refractivity contribution in [3.05, 3.63) is 132 Å². The Balaban J connectivity index is 1.37. The molecule has 0 unspecified atom stereocenters. The minimum absolute atomic E-state index is 0.0296. The minimum Gasteiger partial charge on any atom is -0.353 e. The van der Waals surface area contributed by atoms with E-state index in [9.17, 15) is 0 Å². The number of benzene rings is 7. The standard InChI is InChI=1S/C39H27N/c1-39(2)33-20-19-24(22-32(33)35-25-11-4-3-10-23(25)18-21-34(35)39)26-16-9-17-31-36-29-14-7-5-12-27(29)28-13-6-8-15-30(28)38(36)40-37(26)31/h3-22,40H,1-2H3. The highest BCUT2D eigenvalue weighted by Crippen LogP contribution is 2.52. The average molecular weight is 510 g/mol. The number of rotatable bonds is 1. The molecule has 0 bridgehead atoms. The van der Waals surface area contributed by atoms with Crippen molar-refractivity contribution in [2.24, 2.45) is 0 Å². The first-order valence-electron chi connectivity index (χ1n) is 14.1. The molecule has 1 heterocycles. The van der Waals surface area contributed by atoms with Gasteiger partial charge >= 0.3 is 0 Å². The summed E-state index contributed by atoms with van der Waals surface area (Å²) in [5.41, 5.74) is 10.5. The number of para-hydroxylation sites is 1. The maximum absolute atomic E-state index is 3.91. The number of aromatic amines is 1. The van der Waals surface area contributed by atoms with Gasteiger partial charge in [-0.05, 0) is 60.8 Å². The van der Waals surface area contributed by atoms with Crippen LogP contribution in [-0.2, 0) is 5.41 Å². The Kier molecular flexibility index (Phi) is 4.18. The molecule has 1 nitrogen and oxygen atoms in total. The van der Waals surface area contributed by atoms with Gasteiger partial charge in [0.05, 0.1) is 11.0 Å². The zero-order chi connectivity index (χ0) is 26.6. The van der Waals surface area contributed by atoms with Gasteiger partial charge in [-0.15, -0.1) is 0 Å². The van der Waals surface area contributed by atoms with Crippen LogP contribution in [-0.4, -0.2) is 4.98 Å². The van der Waals surface area contributed by atoms with Gasteiger partial charge in [0.25, 0.3) is 0 Å². The van der Waals surface area contributed by atoms with Crippen molar-refractivity contribution in [1.29, 1.82) is 0 Å². The van der Waals surface area contributed by atoms with Gasteiger partial charge < -0.3 is 4.98 Å². The predicted octanol–water partition coefficient (Wildman–Crippen LogP) is 10.8. The monoisotopic (exact) mass is 509 g/mol. The Labute approximate surface area is 232 Å². The third kappa shape index (κ3) is 2.72. The van der Waals surface area contributed by atoms with Crippen molar-refractivity contribution in [2.75, 3.05) is 0 Å². The number of fused-ring (bicyclic) bond motifs is 13. The van der Waals surface area contributed by atoms with E-state index in [4.69, 9.17) is 0 Å². The second kappa shape index (κ2) is 7.61. The molecule has 1 aromatic heterocycles. The quantitative estimate of drug-likeness (QED) is 0.212. The van der Waals surface area contributed by atoms with E-state index in [1.165, 1.54) is 87.5 Å². The Bertz CT molecular complexity index is 2350. The predicted molar refractivity (Wildman–Crippen MR) is 171 cm³/mol. The molecular formula is C39H27N. The first-order valence-corrected chi connectivity index (χ1v) is 14.1. The van der Waals surface area contributed by atoms with E-state index in [2.05, 4.69) is 140 Å². The molecule has 9 rings (SSSR count). The summed E-state index contributed by atoms with van der Waals surface area (Å²) in [4.78, 5) is 3.91. The van der Waals surface area contributed by atoms with Crippen LogP contribution in [0.3, 0.4) is 0 Å². The number of nitrogens with one attached hydrogen (secondary N) is 1. The molecule has 8 aromatic rings. The molecule has 0 fully saturated rings. The van der Waals surface area contributed by atoms with Crippen LogP contribution in [0.1, 0.15) is 25.0 Å². The second-order valence-electron chi connectivity index (χ2n) is 11.8. The molecule has 1 N–H and O–H groups in total. The molecule has 40 heavy (non-hydrogen) atoms. The summed E-state index contributed by atoms with van der Waals surface area (Å²) in [6.07, 6.45) is 0. The molecular weight excluding hydrogens is 482 g/mol. The summed E-state index contributed by atoms with van der Waals surface area (Å²) in [7, 11) is 0. The summed E-state index contributed by atoms with van der Waals surface area (Å²) in [5, 5.41) is 10.4. The highest BCUT2D eigenvalue weighted by Gasteiger charge is 2.36. The van der Waals surface area contributed by atoms with Crippen molar-refractivity contribution >= 4 is 54.1 Å². The lowest BCUT2D eigenvalue weighted by Gasteiger charge is -2.21. The largest absolute Gasteiger partial charge is 0.353 e. The van der Waals surface area contributed by atoms with E-state index >= 15 is 0 Å². The highest BCUT2D eigenvalue weighted by atomic mass is 14.7. The summed E-state index contributed by atoms with van der Waals surface area (Å²) in [6.45, 7) is 4.72. The second-order valence-corrected chi connectivity index (χ2v) is 11.8. The number of aromatic nitrogens is 1. The Morgan fingerprint density at radius 1 is 0.475 bits per heavy atom. The van der Waals surface area contributed by atoms with Crippen molar-refractivity contribution in [2.45, 2.75) is 19.3 Å². The molecule has 0 saturated carbocycles. The van der Waals surface area contributed by atoms with E-state index in [0.29, 0.717) is 0 Å². The maximum Gasteiger partial charge on any atom is 0.0551 e. The fourth-order valence-corrected chi connectivity index (χ4v) is 7.50. The normalized spacial score (nSPS) is 13.9. The van der Waals surface area contributed by atoms with Crippen molar-refractivity contribution in [3.63, 3.8) is 0 Å². The molecule has 1 heteroatoms. The van der Waals surface area contributed by atoms with Crippen LogP contribution in [0.15, 0.2) is 121 Å². The lowest BCUT2D eigenvalue weighted by atomic mass is 9.82. The lowest BCUT2D eigenvalue weighted by Crippen LogP contribution is -2.14. The summed E-state index contributed by atoms with van der Waals surface area (Å²) in [5.74, 6) is 0. The van der Waals surface area contributed by atoms with Gasteiger partial charge in [-0.3, -0.25) is 0 Å². The summed E-state index contributed by atoms with van der Waals surface area (Å²) >= 11 is 0. The Morgan fingerprint density at radius 2 is 1.12 bits per heavy atom. The molecule has 1 aliphatic rings. The molecule has 188 valence electrons. The molecule has 0 aliphatic heterocycles. The van der Waals surface area contributed by atoms with E-state index in [1.54, 1.807) is 0 Å². The van der Waals surface area contributed by atoms with Crippen molar-refractivity contribution in [3.8, 4) is 22.3 Å². The third-order valence-electron chi connectivity index (χ3n) is 9.39. The summed E-state index contributed by atoms with van der Waals surface area (Å²) in [6, 6.07) is 44.9. The van der Waals surface area contributed by atoms with E-state index in [-0.39, 0.29) is 5.41 Å². The van der Waals surface area contributed by atoms with Crippen LogP contribution in [0.4, 0.5) is 0 Å². The van der Waals surface area contributed by atoms with Gasteiger partial charge in [-0.1, -0.05) is 129 Å². The highest BCUT2D eigenvalue weighted by molar-refractivity contribution is 6.32. The zero-order valence-electron chi connectivity index (χ0n) is 22.5. The van der Waals surface area contributed by atoms with Crippen molar-refractivity contribution in [1.82, 2.24) is 4.98 Å². The van der Waals surface area contributed by atoms with Gasteiger partial charge in [0.1, 0.15) is 0 Å². The Morgan fingerprint density at radius 3 is 1.95 bits per heavy atom. The van der Waals surface area contributed by atoms with Gasteiger partial charge in [-0.25, -0.2) is 0 Å². The first kappa shape index (κ1) is 22.0. The Hall–Kier alpha value is -4.88. The van der Waals surface area contributed by atoms with Crippen LogP contribution in [0.25, 0.3) is 76.4 Å². The lowest BCUT2D eigenvalue weighted by molar-refractivity contribution is 0.661. The van der Waals surface area contributed by atoms with Crippen LogP contribution in [0, 0.1) is 0 Å². The first-order chi connectivity index (χ1) is 19.6. The van der Waals surface area contributed by atoms with E-state index < -0.39 is 0 Å². The van der Waals surface area contributed by atoms with Crippen LogP contribution in [0.2, 0.25) is 0 Å². The fraction of sp³-hybridized carbons (Fsp3) is 0.0769. The van der Waals surface area contributed by atoms with Crippen LogP contribution < -0.4 is 0 Å². The molecule has 0 spiro atoms. The molecule has 0 atom stereocenters. The smallest absolute Gasteiger partial charge is 0.0551 e. The van der Waals surface area contributed by atoms with Gasteiger partial charge in [0, 0.05) is 27.1 Å². The maximum atomic E-state index is 3.91. The van der Waals surface area contributed by atoms with Gasteiger partial charge in [0.2, 0.25) is 0 Å². The summed E-state index contributed by atoms with van der Waals surface area (Å²) < 4.78 is 0. The molecule has 7 aromatic carbocycles. The minimum atomic E-state index is -0.0296. The topological polar surface area (TPSA) is 15.8 Å². The molecule has 0 radical (unpaired) electrons. The van der Waals surface area contributed by atoms with E-state index in [1.807, 2.05) is 0 Å². The molecule has 0 amide bonds. The third-order valence-corrected chi connectivity index (χ3v) is 9.39. The van der Waals surface area contributed by atoms with Crippen LogP contribution >= 0.6 is 0 Å². The molecule has 1 aliphatic carbocycles. The number of H-pyrrole nitrogens is 1. The van der Waals surface area contributed by atoms with E-state index in [0.717, 1.165) is 0 Å². The number of hydrogen-bond acceptors (Lipinski definition) is 0. The van der Waals surface area contributed by atoms with Crippen molar-refractivity contribution < 1.29 is 0 Å². The number of hydrogen-bond donors (Lipinski definition) is 1.